The van der Waals surface area contributed by atoms with Crippen molar-refractivity contribution in [3.05, 3.63) is 30.5 Å². The normalized spacial score (nSPS) is 15.4. The van der Waals surface area contributed by atoms with Gasteiger partial charge in [-0.05, 0) is 32.0 Å². The van der Waals surface area contributed by atoms with Crippen molar-refractivity contribution >= 4 is 16.7 Å². The minimum Gasteiger partial charge on any atom is -0.497 e. The van der Waals surface area contributed by atoms with E-state index in [9.17, 15) is 5.11 Å². The first-order valence-electron chi connectivity index (χ1n) is 10.9. The van der Waals surface area contributed by atoms with Gasteiger partial charge in [0.25, 0.3) is 0 Å². The van der Waals surface area contributed by atoms with Gasteiger partial charge in [0.05, 0.1) is 43.3 Å². The molecule has 0 radical (unpaired) electrons. The van der Waals surface area contributed by atoms with Crippen LogP contribution in [-0.2, 0) is 4.74 Å². The molecule has 3 N–H and O–H groups in total. The van der Waals surface area contributed by atoms with Gasteiger partial charge < -0.3 is 30.0 Å². The molecule has 0 aliphatic carbocycles. The lowest BCUT2D eigenvalue weighted by molar-refractivity contribution is 0.114. The highest BCUT2D eigenvalue weighted by Gasteiger charge is 2.20. The molecule has 1 aliphatic rings. The number of anilines is 1. The number of benzene rings is 1. The molecule has 9 nitrogen and oxygen atoms in total. The maximum Gasteiger partial charge on any atom is 0.160 e. The molecule has 1 aromatic carbocycles. The lowest BCUT2D eigenvalue weighted by Crippen LogP contribution is -2.36. The topological polar surface area (TPSA) is 108 Å². The summed E-state index contributed by atoms with van der Waals surface area (Å²) in [4.78, 5) is 7.29. The highest BCUT2D eigenvalue weighted by Crippen LogP contribution is 2.35. The van der Waals surface area contributed by atoms with Crippen LogP contribution in [-0.4, -0.2) is 72.5 Å². The van der Waals surface area contributed by atoms with Gasteiger partial charge in [0.15, 0.2) is 5.65 Å². The summed E-state index contributed by atoms with van der Waals surface area (Å²) in [5, 5.41) is 15.4. The third-order valence-corrected chi connectivity index (χ3v) is 5.51. The van der Waals surface area contributed by atoms with Gasteiger partial charge in [-0.2, -0.15) is 5.10 Å². The van der Waals surface area contributed by atoms with E-state index in [4.69, 9.17) is 24.9 Å². The average Bonchev–Trinajstić information content (AvgIpc) is 3.26. The molecule has 0 bridgehead atoms. The molecule has 3 aromatic rings. The smallest absolute Gasteiger partial charge is 0.160 e. The summed E-state index contributed by atoms with van der Waals surface area (Å²) in [6.45, 7) is 7.44. The number of aliphatic hydroxyl groups is 1. The zero-order chi connectivity index (χ0) is 22.7. The number of hydrogen-bond acceptors (Lipinski definition) is 8. The number of morpholine rings is 1. The maximum absolute atomic E-state index is 9.77. The SMILES string of the molecule is COc1cc(OCC(O)CN)cc(-c2cc(N3CCOCC3)c3cnn(C(C)C)c3n2)c1. The van der Waals surface area contributed by atoms with E-state index in [2.05, 4.69) is 29.9 Å². The zero-order valence-electron chi connectivity index (χ0n) is 18.8. The second kappa shape index (κ2) is 9.72. The van der Waals surface area contributed by atoms with E-state index in [1.54, 1.807) is 13.2 Å². The van der Waals surface area contributed by atoms with E-state index < -0.39 is 6.10 Å². The average molecular weight is 442 g/mol. The first-order valence-corrected chi connectivity index (χ1v) is 10.9. The van der Waals surface area contributed by atoms with E-state index in [1.807, 2.05) is 23.0 Å². The van der Waals surface area contributed by atoms with E-state index in [0.717, 1.165) is 41.1 Å². The third-order valence-electron chi connectivity index (χ3n) is 5.51. The predicted molar refractivity (Wildman–Crippen MR) is 123 cm³/mol. The standard InChI is InChI=1S/C23H31N5O4/c1-15(2)28-23-20(13-25-28)22(27-4-6-31-7-5-27)11-21(26-23)16-8-18(30-3)10-19(9-16)32-14-17(29)12-24/h8-11,13,15,17,29H,4-7,12,14,24H2,1-3H3. The van der Waals surface area contributed by atoms with Gasteiger partial charge in [-0.3, -0.25) is 0 Å². The Bertz CT molecular complexity index is 1060. The molecule has 1 unspecified atom stereocenters. The van der Waals surface area contributed by atoms with Gasteiger partial charge in [-0.25, -0.2) is 9.67 Å². The van der Waals surface area contributed by atoms with Gasteiger partial charge in [0.1, 0.15) is 24.2 Å². The predicted octanol–water partition coefficient (Wildman–Crippen LogP) is 2.22. The molecule has 1 fully saturated rings. The molecule has 4 rings (SSSR count). The Morgan fingerprint density at radius 3 is 2.59 bits per heavy atom. The van der Waals surface area contributed by atoms with Crippen LogP contribution in [0.2, 0.25) is 0 Å². The summed E-state index contributed by atoms with van der Waals surface area (Å²) in [5.41, 5.74) is 9.07. The second-order valence-corrected chi connectivity index (χ2v) is 8.14. The maximum atomic E-state index is 9.77. The third kappa shape index (κ3) is 4.64. The van der Waals surface area contributed by atoms with Crippen molar-refractivity contribution in [3.63, 3.8) is 0 Å². The van der Waals surface area contributed by atoms with Crippen molar-refractivity contribution in [1.29, 1.82) is 0 Å². The fraction of sp³-hybridized carbons (Fsp3) is 0.478. The Kier molecular flexibility index (Phi) is 6.78. The van der Waals surface area contributed by atoms with Crippen molar-refractivity contribution in [3.8, 4) is 22.8 Å². The van der Waals surface area contributed by atoms with E-state index in [1.165, 1.54) is 0 Å². The van der Waals surface area contributed by atoms with Gasteiger partial charge in [-0.15, -0.1) is 0 Å². The Labute approximate surface area is 187 Å². The Hall–Kier alpha value is -2.88. The highest BCUT2D eigenvalue weighted by atomic mass is 16.5. The summed E-state index contributed by atoms with van der Waals surface area (Å²) in [6, 6.07) is 7.88. The minimum atomic E-state index is -0.729. The molecule has 1 saturated heterocycles. The number of rotatable bonds is 8. The Morgan fingerprint density at radius 2 is 1.91 bits per heavy atom. The molecular weight excluding hydrogens is 410 g/mol. The van der Waals surface area contributed by atoms with Crippen LogP contribution < -0.4 is 20.1 Å². The zero-order valence-corrected chi connectivity index (χ0v) is 18.8. The molecule has 172 valence electrons. The number of pyridine rings is 1. The van der Waals surface area contributed by atoms with Crippen LogP contribution in [0.5, 0.6) is 11.5 Å². The van der Waals surface area contributed by atoms with E-state index >= 15 is 0 Å². The molecule has 2 aromatic heterocycles. The molecule has 3 heterocycles. The van der Waals surface area contributed by atoms with Crippen molar-refractivity contribution in [1.82, 2.24) is 14.8 Å². The number of fused-ring (bicyclic) bond motifs is 1. The number of hydrogen-bond donors (Lipinski definition) is 2. The quantitative estimate of drug-likeness (QED) is 0.548. The molecule has 32 heavy (non-hydrogen) atoms. The van der Waals surface area contributed by atoms with Crippen LogP contribution >= 0.6 is 0 Å². The first kappa shape index (κ1) is 22.3. The lowest BCUT2D eigenvalue weighted by Gasteiger charge is -2.29. The van der Waals surface area contributed by atoms with Crippen LogP contribution in [0.1, 0.15) is 19.9 Å². The molecule has 1 atom stereocenters. The van der Waals surface area contributed by atoms with Crippen molar-refractivity contribution in [2.75, 3.05) is 51.5 Å². The summed E-state index contributed by atoms with van der Waals surface area (Å²) in [5.74, 6) is 1.23. The molecule has 1 aliphatic heterocycles. The number of nitrogens with zero attached hydrogens (tertiary/aromatic N) is 4. The lowest BCUT2D eigenvalue weighted by atomic mass is 10.1. The number of aliphatic hydroxyl groups excluding tert-OH is 1. The van der Waals surface area contributed by atoms with E-state index in [-0.39, 0.29) is 19.2 Å². The Balaban J connectivity index is 1.81. The summed E-state index contributed by atoms with van der Waals surface area (Å²) in [7, 11) is 1.61. The van der Waals surface area contributed by atoms with E-state index in [0.29, 0.717) is 24.7 Å². The monoisotopic (exact) mass is 441 g/mol. The fourth-order valence-electron chi connectivity index (χ4n) is 3.77. The largest absolute Gasteiger partial charge is 0.497 e. The number of nitrogens with two attached hydrogens (primary N) is 1. The molecule has 0 saturated carbocycles. The number of aromatic nitrogens is 3. The van der Waals surface area contributed by atoms with Crippen LogP contribution in [0.15, 0.2) is 30.5 Å². The molecular formula is C23H31N5O4. The second-order valence-electron chi connectivity index (χ2n) is 8.14. The minimum absolute atomic E-state index is 0.106. The Morgan fingerprint density at radius 1 is 1.16 bits per heavy atom. The van der Waals surface area contributed by atoms with Crippen molar-refractivity contribution in [2.24, 2.45) is 5.73 Å². The van der Waals surface area contributed by atoms with Crippen molar-refractivity contribution < 1.29 is 19.3 Å². The van der Waals surface area contributed by atoms with Gasteiger partial charge in [0.2, 0.25) is 0 Å². The summed E-state index contributed by atoms with van der Waals surface area (Å²) >= 11 is 0. The van der Waals surface area contributed by atoms with Gasteiger partial charge in [0, 0.05) is 37.3 Å². The van der Waals surface area contributed by atoms with Crippen LogP contribution in [0.25, 0.3) is 22.3 Å². The van der Waals surface area contributed by atoms with Crippen molar-refractivity contribution in [2.45, 2.75) is 26.0 Å². The van der Waals surface area contributed by atoms with Crippen LogP contribution in [0, 0.1) is 0 Å². The highest BCUT2D eigenvalue weighted by molar-refractivity contribution is 5.92. The van der Waals surface area contributed by atoms with Gasteiger partial charge in [-0.1, -0.05) is 0 Å². The summed E-state index contributed by atoms with van der Waals surface area (Å²) < 4.78 is 18.7. The van der Waals surface area contributed by atoms with Gasteiger partial charge >= 0.3 is 0 Å². The first-order chi connectivity index (χ1) is 15.5. The van der Waals surface area contributed by atoms with Crippen LogP contribution in [0.4, 0.5) is 5.69 Å². The molecule has 9 heteroatoms. The summed E-state index contributed by atoms with van der Waals surface area (Å²) in [6.07, 6.45) is 1.16. The fourth-order valence-corrected chi connectivity index (χ4v) is 3.77. The number of methoxy groups -OCH3 is 1. The number of ether oxygens (including phenoxy) is 3. The molecule has 0 amide bonds. The van der Waals surface area contributed by atoms with Crippen LogP contribution in [0.3, 0.4) is 0 Å². The molecule has 0 spiro atoms.